The van der Waals surface area contributed by atoms with Crippen molar-refractivity contribution in [2.24, 2.45) is 0 Å². The average Bonchev–Trinajstić information content (AvgIpc) is 3.47. The maximum atomic E-state index is 14.6. The summed E-state index contributed by atoms with van der Waals surface area (Å²) in [6.45, 7) is 5.36. The molecule has 0 amide bonds. The third-order valence-corrected chi connectivity index (χ3v) is 5.96. The molecule has 0 spiro atoms. The number of nitrogens with one attached hydrogen (secondary N) is 1. The van der Waals surface area contributed by atoms with Crippen LogP contribution in [0.5, 0.6) is 5.75 Å². The molecule has 0 aliphatic heterocycles. The Morgan fingerprint density at radius 2 is 1.88 bits per heavy atom. The second-order valence-corrected chi connectivity index (χ2v) is 8.17. The molecule has 3 aromatic rings. The molecule has 1 N–H and O–H groups in total. The normalized spacial score (nSPS) is 15.4. The molecule has 1 saturated carbocycles. The lowest BCUT2D eigenvalue weighted by molar-refractivity contribution is 0.146. The van der Waals surface area contributed by atoms with Crippen molar-refractivity contribution in [1.29, 1.82) is 0 Å². The van der Waals surface area contributed by atoms with Crippen LogP contribution in [0.25, 0.3) is 10.8 Å². The number of fused-ring (bicyclic) bond motifs is 1. The van der Waals surface area contributed by atoms with Gasteiger partial charge in [0.25, 0.3) is 12.0 Å². The monoisotopic (exact) mass is 468 g/mol. The molecule has 0 saturated heterocycles. The number of nitrogens with zero attached hydrogens (tertiary/aromatic N) is 3. The molecule has 32 heavy (non-hydrogen) atoms. The zero-order valence-electron chi connectivity index (χ0n) is 18.1. The van der Waals surface area contributed by atoms with Crippen LogP contribution in [0.2, 0.25) is 0 Å². The van der Waals surface area contributed by atoms with Crippen LogP contribution in [0.4, 0.5) is 19.0 Å². The zero-order chi connectivity index (χ0) is 22.5. The molecule has 2 heterocycles. The van der Waals surface area contributed by atoms with Crippen LogP contribution in [-0.4, -0.2) is 21.9 Å². The molecular weight excluding hydrogens is 445 g/mol. The SMILES string of the molecule is COc1c(=O)n(C2(C)CC2)cc2c(N[C@H](C)c3cccc(C(F)F)c3F)nnc(C)c12.Cl. The van der Waals surface area contributed by atoms with E-state index in [2.05, 4.69) is 15.5 Å². The molecule has 6 nitrogen and oxygen atoms in total. The van der Waals surface area contributed by atoms with Gasteiger partial charge in [-0.1, -0.05) is 18.2 Å². The Hall–Kier alpha value is -2.81. The molecule has 0 unspecified atom stereocenters. The lowest BCUT2D eigenvalue weighted by atomic mass is 10.0. The lowest BCUT2D eigenvalue weighted by Gasteiger charge is -2.21. The molecule has 1 aliphatic carbocycles. The number of hydrogen-bond donors (Lipinski definition) is 1. The Morgan fingerprint density at radius 3 is 2.47 bits per heavy atom. The maximum Gasteiger partial charge on any atom is 0.294 e. The van der Waals surface area contributed by atoms with E-state index < -0.39 is 23.8 Å². The van der Waals surface area contributed by atoms with Gasteiger partial charge in [0.1, 0.15) is 5.82 Å². The molecular formula is C22H24ClF3N4O2. The topological polar surface area (TPSA) is 69.0 Å². The maximum absolute atomic E-state index is 14.6. The average molecular weight is 469 g/mol. The minimum absolute atomic E-state index is 0. The van der Waals surface area contributed by atoms with E-state index >= 15 is 0 Å². The minimum atomic E-state index is -2.91. The fraction of sp³-hybridized carbons (Fsp3) is 0.409. The summed E-state index contributed by atoms with van der Waals surface area (Å²) in [6, 6.07) is 3.23. The van der Waals surface area contributed by atoms with Crippen LogP contribution < -0.4 is 15.6 Å². The molecule has 4 rings (SSSR count). The van der Waals surface area contributed by atoms with Crippen LogP contribution in [0.1, 0.15) is 56.0 Å². The molecule has 10 heteroatoms. The van der Waals surface area contributed by atoms with Gasteiger partial charge < -0.3 is 14.6 Å². The van der Waals surface area contributed by atoms with E-state index in [1.165, 1.54) is 19.2 Å². The Kier molecular flexibility index (Phi) is 6.42. The van der Waals surface area contributed by atoms with Gasteiger partial charge in [-0.25, -0.2) is 13.2 Å². The van der Waals surface area contributed by atoms with Crippen molar-refractivity contribution in [3.63, 3.8) is 0 Å². The second-order valence-electron chi connectivity index (χ2n) is 8.17. The van der Waals surface area contributed by atoms with Crippen LogP contribution in [0, 0.1) is 12.7 Å². The van der Waals surface area contributed by atoms with E-state index in [1.807, 2.05) is 6.92 Å². The van der Waals surface area contributed by atoms with Gasteiger partial charge in [-0.2, -0.15) is 5.10 Å². The summed E-state index contributed by atoms with van der Waals surface area (Å²) in [4.78, 5) is 13.0. The van der Waals surface area contributed by atoms with Crippen LogP contribution in [0.3, 0.4) is 0 Å². The highest BCUT2D eigenvalue weighted by Gasteiger charge is 2.41. The number of aromatic nitrogens is 3. The van der Waals surface area contributed by atoms with Gasteiger partial charge in [0.05, 0.1) is 29.8 Å². The molecule has 2 aromatic heterocycles. The predicted octanol–water partition coefficient (Wildman–Crippen LogP) is 5.29. The van der Waals surface area contributed by atoms with Gasteiger partial charge in [-0.05, 0) is 33.6 Å². The van der Waals surface area contributed by atoms with Crippen molar-refractivity contribution in [2.45, 2.75) is 51.6 Å². The molecule has 1 aliphatic rings. The number of anilines is 1. The zero-order valence-corrected chi connectivity index (χ0v) is 18.9. The van der Waals surface area contributed by atoms with Gasteiger partial charge in [-0.15, -0.1) is 17.5 Å². The smallest absolute Gasteiger partial charge is 0.294 e. The van der Waals surface area contributed by atoms with E-state index in [-0.39, 0.29) is 34.8 Å². The van der Waals surface area contributed by atoms with Gasteiger partial charge in [0.15, 0.2) is 11.6 Å². The summed E-state index contributed by atoms with van der Waals surface area (Å²) in [5, 5.41) is 12.5. The summed E-state index contributed by atoms with van der Waals surface area (Å²) in [5.74, 6) is -0.479. The first-order valence-electron chi connectivity index (χ1n) is 9.98. The predicted molar refractivity (Wildman–Crippen MR) is 119 cm³/mol. The van der Waals surface area contributed by atoms with Crippen molar-refractivity contribution in [3.8, 4) is 5.75 Å². The van der Waals surface area contributed by atoms with Gasteiger partial charge in [0.2, 0.25) is 0 Å². The lowest BCUT2D eigenvalue weighted by Crippen LogP contribution is -2.29. The van der Waals surface area contributed by atoms with Gasteiger partial charge in [0, 0.05) is 22.7 Å². The highest BCUT2D eigenvalue weighted by Crippen LogP contribution is 2.43. The highest BCUT2D eigenvalue weighted by atomic mass is 35.5. The van der Waals surface area contributed by atoms with Crippen molar-refractivity contribution >= 4 is 29.0 Å². The van der Waals surface area contributed by atoms with Gasteiger partial charge in [-0.3, -0.25) is 4.79 Å². The summed E-state index contributed by atoms with van der Waals surface area (Å²) >= 11 is 0. The fourth-order valence-corrected chi connectivity index (χ4v) is 3.83. The second kappa shape index (κ2) is 8.61. The molecule has 0 radical (unpaired) electrons. The Labute approximate surface area is 189 Å². The standard InChI is InChI=1S/C22H23F3N4O2.ClH/c1-11(13-6-5-7-14(17(13)23)19(24)25)26-20-15-10-29(22(3)8-9-22)21(30)18(31-4)16(15)12(2)27-28-20;/h5-7,10-11,19H,8-9H2,1-4H3,(H,26,28);1H/t11-;/m1./s1. The summed E-state index contributed by atoms with van der Waals surface area (Å²) in [5.41, 5.74) is -0.594. The van der Waals surface area contributed by atoms with Crippen molar-refractivity contribution in [3.05, 3.63) is 57.4 Å². The van der Waals surface area contributed by atoms with Crippen molar-refractivity contribution < 1.29 is 17.9 Å². The first kappa shape index (κ1) is 23.8. The van der Waals surface area contributed by atoms with Crippen molar-refractivity contribution in [1.82, 2.24) is 14.8 Å². The van der Waals surface area contributed by atoms with Crippen LogP contribution in [0.15, 0.2) is 29.2 Å². The summed E-state index contributed by atoms with van der Waals surface area (Å²) in [6.07, 6.45) is 0.536. The first-order valence-corrected chi connectivity index (χ1v) is 9.98. The van der Waals surface area contributed by atoms with E-state index in [1.54, 1.807) is 24.6 Å². The third kappa shape index (κ3) is 3.90. The van der Waals surface area contributed by atoms with Crippen LogP contribution >= 0.6 is 12.4 Å². The molecule has 172 valence electrons. The molecule has 1 aromatic carbocycles. The first-order chi connectivity index (χ1) is 14.7. The number of hydrogen-bond acceptors (Lipinski definition) is 5. The number of aryl methyl sites for hydroxylation is 1. The van der Waals surface area contributed by atoms with E-state index in [4.69, 9.17) is 4.74 Å². The van der Waals surface area contributed by atoms with E-state index in [9.17, 15) is 18.0 Å². The third-order valence-electron chi connectivity index (χ3n) is 5.96. The Morgan fingerprint density at radius 1 is 1.22 bits per heavy atom. The number of benzene rings is 1. The number of halogens is 4. The number of alkyl halides is 2. The van der Waals surface area contributed by atoms with Crippen molar-refractivity contribution in [2.75, 3.05) is 12.4 Å². The Bertz CT molecular complexity index is 1230. The van der Waals surface area contributed by atoms with Crippen LogP contribution in [-0.2, 0) is 5.54 Å². The van der Waals surface area contributed by atoms with E-state index in [0.29, 0.717) is 22.3 Å². The van der Waals surface area contributed by atoms with E-state index in [0.717, 1.165) is 18.9 Å². The molecule has 1 fully saturated rings. The number of ether oxygens (including phenoxy) is 1. The quantitative estimate of drug-likeness (QED) is 0.532. The Balaban J connectivity index is 0.00000289. The van der Waals surface area contributed by atoms with Gasteiger partial charge >= 0.3 is 0 Å². The number of pyridine rings is 1. The summed E-state index contributed by atoms with van der Waals surface area (Å²) < 4.78 is 47.9. The molecule has 0 bridgehead atoms. The largest absolute Gasteiger partial charge is 0.491 e. The fourth-order valence-electron chi connectivity index (χ4n) is 3.83. The summed E-state index contributed by atoms with van der Waals surface area (Å²) in [7, 11) is 1.43. The minimum Gasteiger partial charge on any atom is -0.491 e. The molecule has 1 atom stereocenters. The number of rotatable bonds is 6. The highest BCUT2D eigenvalue weighted by molar-refractivity contribution is 5.96. The number of methoxy groups -OCH3 is 1.